The lowest BCUT2D eigenvalue weighted by atomic mass is 10.1. The first-order valence-electron chi connectivity index (χ1n) is 8.66. The number of carbonyl (C=O) groups is 1. The monoisotopic (exact) mass is 366 g/mol. The minimum atomic E-state index is 0.194. The van der Waals surface area contributed by atoms with Crippen LogP contribution in [-0.4, -0.2) is 23.3 Å². The van der Waals surface area contributed by atoms with Crippen LogP contribution >= 0.6 is 12.2 Å². The van der Waals surface area contributed by atoms with E-state index < -0.39 is 0 Å². The van der Waals surface area contributed by atoms with Gasteiger partial charge in [-0.3, -0.25) is 10.2 Å². The Kier molecular flexibility index (Phi) is 5.96. The molecule has 0 bridgehead atoms. The quantitative estimate of drug-likeness (QED) is 0.485. The molecule has 0 unspecified atom stereocenters. The predicted octanol–water partition coefficient (Wildman–Crippen LogP) is 3.20. The molecule has 1 aliphatic heterocycles. The Morgan fingerprint density at radius 1 is 1.15 bits per heavy atom. The number of hydrazone groups is 1. The molecule has 2 aromatic carbocycles. The van der Waals surface area contributed by atoms with Crippen LogP contribution in [0.2, 0.25) is 0 Å². The van der Waals surface area contributed by atoms with Crippen LogP contribution in [0.4, 0.5) is 5.69 Å². The smallest absolute Gasteiger partial charge is 0.227 e. The van der Waals surface area contributed by atoms with Crippen molar-refractivity contribution in [1.82, 2.24) is 10.7 Å². The molecule has 0 radical (unpaired) electrons. The molecule has 1 aliphatic rings. The average Bonchev–Trinajstić information content (AvgIpc) is 3.11. The third-order valence-corrected chi connectivity index (χ3v) is 4.53. The maximum Gasteiger partial charge on any atom is 0.227 e. The van der Waals surface area contributed by atoms with E-state index in [0.29, 0.717) is 18.1 Å². The molecule has 1 saturated heterocycles. The Morgan fingerprint density at radius 2 is 1.88 bits per heavy atom. The van der Waals surface area contributed by atoms with Crippen LogP contribution in [0.3, 0.4) is 0 Å². The van der Waals surface area contributed by atoms with Crippen molar-refractivity contribution >= 4 is 34.6 Å². The van der Waals surface area contributed by atoms with Crippen LogP contribution in [0.15, 0.2) is 59.7 Å². The summed E-state index contributed by atoms with van der Waals surface area (Å²) in [6.45, 7) is 3.37. The minimum Gasteiger partial charge on any atom is -0.357 e. The maximum absolute atomic E-state index is 11.8. The van der Waals surface area contributed by atoms with Gasteiger partial charge in [0, 0.05) is 25.2 Å². The fourth-order valence-electron chi connectivity index (χ4n) is 2.82. The summed E-state index contributed by atoms with van der Waals surface area (Å²) in [4.78, 5) is 13.6. The Balaban J connectivity index is 1.53. The van der Waals surface area contributed by atoms with Crippen molar-refractivity contribution in [1.29, 1.82) is 0 Å². The Hall–Kier alpha value is -2.73. The molecule has 134 valence electrons. The van der Waals surface area contributed by atoms with Crippen LogP contribution in [0.1, 0.15) is 30.9 Å². The van der Waals surface area contributed by atoms with Gasteiger partial charge in [0.15, 0.2) is 5.11 Å². The third-order valence-electron chi connectivity index (χ3n) is 4.29. The van der Waals surface area contributed by atoms with E-state index in [1.807, 2.05) is 66.4 Å². The maximum atomic E-state index is 11.8. The van der Waals surface area contributed by atoms with Gasteiger partial charge in [0.25, 0.3) is 0 Å². The second kappa shape index (κ2) is 8.58. The van der Waals surface area contributed by atoms with Crippen molar-refractivity contribution < 1.29 is 4.79 Å². The SMILES string of the molecule is C/C(=N/NC(=S)NCc1ccccc1)c1ccc(N2CCCC2=O)cc1. The van der Waals surface area contributed by atoms with Crippen molar-refractivity contribution in [2.24, 2.45) is 5.10 Å². The van der Waals surface area contributed by atoms with Crippen LogP contribution in [0.25, 0.3) is 0 Å². The number of nitrogens with zero attached hydrogens (tertiary/aromatic N) is 2. The highest BCUT2D eigenvalue weighted by atomic mass is 32.1. The summed E-state index contributed by atoms with van der Waals surface area (Å²) in [7, 11) is 0. The zero-order valence-electron chi connectivity index (χ0n) is 14.7. The second-order valence-corrected chi connectivity index (χ2v) is 6.58. The molecule has 6 heteroatoms. The molecule has 0 saturated carbocycles. The van der Waals surface area contributed by atoms with Crippen LogP contribution < -0.4 is 15.6 Å². The first kappa shape index (κ1) is 18.1. The zero-order valence-corrected chi connectivity index (χ0v) is 15.6. The van der Waals surface area contributed by atoms with Gasteiger partial charge >= 0.3 is 0 Å². The second-order valence-electron chi connectivity index (χ2n) is 6.17. The third kappa shape index (κ3) is 4.67. The molecule has 0 aromatic heterocycles. The molecular weight excluding hydrogens is 344 g/mol. The summed E-state index contributed by atoms with van der Waals surface area (Å²) in [5.41, 5.74) is 6.78. The van der Waals surface area contributed by atoms with Gasteiger partial charge in [0.1, 0.15) is 0 Å². The lowest BCUT2D eigenvalue weighted by molar-refractivity contribution is -0.117. The molecule has 0 atom stereocenters. The first-order chi connectivity index (χ1) is 12.6. The topological polar surface area (TPSA) is 56.7 Å². The fourth-order valence-corrected chi connectivity index (χ4v) is 2.94. The summed E-state index contributed by atoms with van der Waals surface area (Å²) < 4.78 is 0. The summed E-state index contributed by atoms with van der Waals surface area (Å²) >= 11 is 5.25. The van der Waals surface area contributed by atoms with E-state index in [9.17, 15) is 4.79 Å². The minimum absolute atomic E-state index is 0.194. The number of thiocarbonyl (C=S) groups is 1. The first-order valence-corrected chi connectivity index (χ1v) is 9.07. The molecule has 3 rings (SSSR count). The lowest BCUT2D eigenvalue weighted by Crippen LogP contribution is -2.32. The Labute approximate surface area is 159 Å². The molecule has 0 aliphatic carbocycles. The molecule has 5 nitrogen and oxygen atoms in total. The van der Waals surface area contributed by atoms with Crippen molar-refractivity contribution in [3.63, 3.8) is 0 Å². The van der Waals surface area contributed by atoms with Crippen molar-refractivity contribution in [3.8, 4) is 0 Å². The van der Waals surface area contributed by atoms with Gasteiger partial charge in [-0.25, -0.2) is 0 Å². The molecular formula is C20H22N4OS. The summed E-state index contributed by atoms with van der Waals surface area (Å²) in [6, 6.07) is 17.9. The molecule has 26 heavy (non-hydrogen) atoms. The van der Waals surface area contributed by atoms with Crippen molar-refractivity contribution in [2.45, 2.75) is 26.3 Å². The molecule has 2 N–H and O–H groups in total. The van der Waals surface area contributed by atoms with E-state index in [1.54, 1.807) is 0 Å². The van der Waals surface area contributed by atoms with Gasteiger partial charge < -0.3 is 10.2 Å². The van der Waals surface area contributed by atoms with Crippen molar-refractivity contribution in [2.75, 3.05) is 11.4 Å². The standard InChI is InChI=1S/C20H22N4OS/c1-15(22-23-20(26)21-14-16-6-3-2-4-7-16)17-9-11-18(12-10-17)24-13-5-8-19(24)25/h2-4,6-7,9-12H,5,8,13-14H2,1H3,(H2,21,23,26)/b22-15-. The lowest BCUT2D eigenvalue weighted by Gasteiger charge is -2.16. The van der Waals surface area contributed by atoms with E-state index in [-0.39, 0.29) is 5.91 Å². The molecule has 1 fully saturated rings. The van der Waals surface area contributed by atoms with E-state index in [1.165, 1.54) is 0 Å². The van der Waals surface area contributed by atoms with E-state index >= 15 is 0 Å². The number of benzene rings is 2. The van der Waals surface area contributed by atoms with E-state index in [0.717, 1.165) is 35.5 Å². The number of amides is 1. The predicted molar refractivity (Wildman–Crippen MR) is 109 cm³/mol. The number of rotatable bonds is 5. The van der Waals surface area contributed by atoms with Crippen LogP contribution in [-0.2, 0) is 11.3 Å². The van der Waals surface area contributed by atoms with E-state index in [4.69, 9.17) is 12.2 Å². The largest absolute Gasteiger partial charge is 0.357 e. The highest BCUT2D eigenvalue weighted by molar-refractivity contribution is 7.80. The molecule has 2 aromatic rings. The molecule has 1 amide bonds. The number of hydrogen-bond acceptors (Lipinski definition) is 3. The molecule has 0 spiro atoms. The van der Waals surface area contributed by atoms with Gasteiger partial charge in [-0.2, -0.15) is 5.10 Å². The summed E-state index contributed by atoms with van der Waals surface area (Å²) in [5.74, 6) is 0.194. The van der Waals surface area contributed by atoms with Gasteiger partial charge in [-0.15, -0.1) is 0 Å². The summed E-state index contributed by atoms with van der Waals surface area (Å²) in [5, 5.41) is 7.94. The number of carbonyl (C=O) groups excluding carboxylic acids is 1. The van der Waals surface area contributed by atoms with Crippen molar-refractivity contribution in [3.05, 3.63) is 65.7 Å². The Bertz CT molecular complexity index is 802. The van der Waals surface area contributed by atoms with Gasteiger partial charge in [0.05, 0.1) is 5.71 Å². The van der Waals surface area contributed by atoms with Gasteiger partial charge in [0.2, 0.25) is 5.91 Å². The van der Waals surface area contributed by atoms with Gasteiger partial charge in [-0.05, 0) is 48.8 Å². The number of anilines is 1. The summed E-state index contributed by atoms with van der Waals surface area (Å²) in [6.07, 6.45) is 1.57. The number of nitrogens with one attached hydrogen (secondary N) is 2. The molecule has 1 heterocycles. The highest BCUT2D eigenvalue weighted by Crippen LogP contribution is 2.21. The zero-order chi connectivity index (χ0) is 18.4. The van der Waals surface area contributed by atoms with Crippen LogP contribution in [0, 0.1) is 0 Å². The van der Waals surface area contributed by atoms with Gasteiger partial charge in [-0.1, -0.05) is 42.5 Å². The van der Waals surface area contributed by atoms with Crippen LogP contribution in [0.5, 0.6) is 0 Å². The highest BCUT2D eigenvalue weighted by Gasteiger charge is 2.21. The number of hydrogen-bond donors (Lipinski definition) is 2. The fraction of sp³-hybridized carbons (Fsp3) is 0.250. The average molecular weight is 366 g/mol. The van der Waals surface area contributed by atoms with E-state index in [2.05, 4.69) is 15.8 Å². The Morgan fingerprint density at radius 3 is 2.54 bits per heavy atom. The normalized spacial score (nSPS) is 14.4.